The lowest BCUT2D eigenvalue weighted by Crippen LogP contribution is -2.36. The Morgan fingerprint density at radius 2 is 1.68 bits per heavy atom. The average molecular weight is 293 g/mol. The first-order chi connectivity index (χ1) is 10.8. The second-order valence-electron chi connectivity index (χ2n) is 5.02. The van der Waals surface area contributed by atoms with Gasteiger partial charge in [0.25, 0.3) is 0 Å². The number of hydrogen-bond acceptors (Lipinski definition) is 2. The fourth-order valence-electron chi connectivity index (χ4n) is 2.30. The highest BCUT2D eigenvalue weighted by Gasteiger charge is 2.04. The van der Waals surface area contributed by atoms with Gasteiger partial charge in [0.1, 0.15) is 11.3 Å². The van der Waals surface area contributed by atoms with Crippen molar-refractivity contribution in [3.05, 3.63) is 72.0 Å². The number of guanidine groups is 1. The van der Waals surface area contributed by atoms with Gasteiger partial charge in [-0.05, 0) is 17.7 Å². The predicted molar refractivity (Wildman–Crippen MR) is 89.7 cm³/mol. The van der Waals surface area contributed by atoms with Crippen molar-refractivity contribution in [2.45, 2.75) is 13.1 Å². The van der Waals surface area contributed by atoms with Gasteiger partial charge < -0.3 is 15.1 Å². The van der Waals surface area contributed by atoms with Gasteiger partial charge in [0.05, 0.1) is 6.54 Å². The zero-order valence-electron chi connectivity index (χ0n) is 12.5. The van der Waals surface area contributed by atoms with Gasteiger partial charge in [-0.1, -0.05) is 48.5 Å². The SMILES string of the molecule is CN=C(NCc1ccccc1)NCc1cc2ccccc2o1. The molecule has 0 unspecified atom stereocenters. The van der Waals surface area contributed by atoms with Gasteiger partial charge >= 0.3 is 0 Å². The number of fused-ring (bicyclic) bond motifs is 1. The molecule has 0 aliphatic rings. The number of nitrogens with one attached hydrogen (secondary N) is 2. The molecular formula is C18H19N3O. The molecule has 0 amide bonds. The molecule has 1 heterocycles. The molecule has 2 N–H and O–H groups in total. The Morgan fingerprint density at radius 3 is 2.45 bits per heavy atom. The van der Waals surface area contributed by atoms with E-state index in [1.54, 1.807) is 7.05 Å². The van der Waals surface area contributed by atoms with Crippen molar-refractivity contribution in [1.82, 2.24) is 10.6 Å². The molecule has 0 radical (unpaired) electrons. The van der Waals surface area contributed by atoms with E-state index in [-0.39, 0.29) is 0 Å². The molecule has 0 atom stereocenters. The largest absolute Gasteiger partial charge is 0.459 e. The first kappa shape index (κ1) is 14.2. The van der Waals surface area contributed by atoms with Crippen molar-refractivity contribution in [2.24, 2.45) is 4.99 Å². The summed E-state index contributed by atoms with van der Waals surface area (Å²) < 4.78 is 5.78. The van der Waals surface area contributed by atoms with E-state index in [2.05, 4.69) is 27.8 Å². The molecule has 1 aromatic heterocycles. The molecule has 3 rings (SSSR count). The smallest absolute Gasteiger partial charge is 0.191 e. The van der Waals surface area contributed by atoms with Crippen molar-refractivity contribution in [3.63, 3.8) is 0 Å². The van der Waals surface area contributed by atoms with Crippen molar-refractivity contribution < 1.29 is 4.42 Å². The minimum Gasteiger partial charge on any atom is -0.459 e. The van der Waals surface area contributed by atoms with Crippen LogP contribution in [0.4, 0.5) is 0 Å². The Labute approximate surface area is 129 Å². The van der Waals surface area contributed by atoms with Crippen molar-refractivity contribution in [1.29, 1.82) is 0 Å². The highest BCUT2D eigenvalue weighted by molar-refractivity contribution is 5.80. The van der Waals surface area contributed by atoms with E-state index in [0.717, 1.165) is 29.2 Å². The van der Waals surface area contributed by atoms with Gasteiger partial charge in [0, 0.05) is 19.0 Å². The second kappa shape index (κ2) is 6.80. The summed E-state index contributed by atoms with van der Waals surface area (Å²) in [6.45, 7) is 1.34. The third-order valence-corrected chi connectivity index (χ3v) is 3.43. The summed E-state index contributed by atoms with van der Waals surface area (Å²) in [5.41, 5.74) is 2.13. The van der Waals surface area contributed by atoms with Crippen LogP contribution >= 0.6 is 0 Å². The predicted octanol–water partition coefficient (Wildman–Crippen LogP) is 3.30. The van der Waals surface area contributed by atoms with E-state index < -0.39 is 0 Å². The molecule has 4 nitrogen and oxygen atoms in total. The Bertz CT molecular complexity index is 729. The van der Waals surface area contributed by atoms with Crippen LogP contribution in [0.3, 0.4) is 0 Å². The van der Waals surface area contributed by atoms with Crippen LogP contribution in [0, 0.1) is 0 Å². The first-order valence-corrected chi connectivity index (χ1v) is 7.31. The third kappa shape index (κ3) is 3.47. The highest BCUT2D eigenvalue weighted by Crippen LogP contribution is 2.18. The first-order valence-electron chi connectivity index (χ1n) is 7.31. The van der Waals surface area contributed by atoms with E-state index in [0.29, 0.717) is 6.54 Å². The molecule has 4 heteroatoms. The van der Waals surface area contributed by atoms with Crippen LogP contribution in [0.1, 0.15) is 11.3 Å². The second-order valence-corrected chi connectivity index (χ2v) is 5.02. The summed E-state index contributed by atoms with van der Waals surface area (Å²) in [4.78, 5) is 4.22. The molecule has 22 heavy (non-hydrogen) atoms. The van der Waals surface area contributed by atoms with Crippen LogP contribution in [0.2, 0.25) is 0 Å². The molecule has 0 aliphatic carbocycles. The molecule has 0 saturated heterocycles. The van der Waals surface area contributed by atoms with Gasteiger partial charge in [-0.25, -0.2) is 0 Å². The fraction of sp³-hybridized carbons (Fsp3) is 0.167. The van der Waals surface area contributed by atoms with Crippen LogP contribution in [0.5, 0.6) is 0 Å². The van der Waals surface area contributed by atoms with Crippen molar-refractivity contribution in [3.8, 4) is 0 Å². The number of para-hydroxylation sites is 1. The van der Waals surface area contributed by atoms with Crippen LogP contribution in [-0.2, 0) is 13.1 Å². The highest BCUT2D eigenvalue weighted by atomic mass is 16.3. The van der Waals surface area contributed by atoms with Crippen LogP contribution in [0.15, 0.2) is 70.1 Å². The zero-order chi connectivity index (χ0) is 15.2. The Hall–Kier alpha value is -2.75. The number of furan rings is 1. The standard InChI is InChI=1S/C18H19N3O/c1-19-18(20-12-14-7-3-2-4-8-14)21-13-16-11-15-9-5-6-10-17(15)22-16/h2-11H,12-13H2,1H3,(H2,19,20,21). The lowest BCUT2D eigenvalue weighted by atomic mass is 10.2. The molecule has 0 aliphatic heterocycles. The minimum absolute atomic E-state index is 0.600. The number of hydrogen-bond donors (Lipinski definition) is 2. The molecule has 3 aromatic rings. The van der Waals surface area contributed by atoms with Gasteiger partial charge in [-0.15, -0.1) is 0 Å². The van der Waals surface area contributed by atoms with E-state index in [1.807, 2.05) is 48.5 Å². The lowest BCUT2D eigenvalue weighted by Gasteiger charge is -2.10. The maximum Gasteiger partial charge on any atom is 0.191 e. The van der Waals surface area contributed by atoms with Crippen LogP contribution < -0.4 is 10.6 Å². The molecular weight excluding hydrogens is 274 g/mol. The minimum atomic E-state index is 0.600. The van der Waals surface area contributed by atoms with Crippen molar-refractivity contribution >= 4 is 16.9 Å². The Morgan fingerprint density at radius 1 is 0.955 bits per heavy atom. The van der Waals surface area contributed by atoms with E-state index in [4.69, 9.17) is 4.42 Å². The Balaban J connectivity index is 1.56. The van der Waals surface area contributed by atoms with E-state index in [1.165, 1.54) is 5.56 Å². The number of nitrogens with zero attached hydrogens (tertiary/aromatic N) is 1. The summed E-state index contributed by atoms with van der Waals surface area (Å²) in [5, 5.41) is 7.67. The quantitative estimate of drug-likeness (QED) is 0.573. The maximum absolute atomic E-state index is 5.78. The summed E-state index contributed by atoms with van der Waals surface area (Å²) in [6, 6.07) is 20.3. The van der Waals surface area contributed by atoms with Crippen molar-refractivity contribution in [2.75, 3.05) is 7.05 Å². The molecule has 0 saturated carbocycles. The Kier molecular flexibility index (Phi) is 4.39. The topological polar surface area (TPSA) is 49.6 Å². The lowest BCUT2D eigenvalue weighted by molar-refractivity contribution is 0.538. The summed E-state index contributed by atoms with van der Waals surface area (Å²) in [5.74, 6) is 1.65. The molecule has 2 aromatic carbocycles. The van der Waals surface area contributed by atoms with Gasteiger partial charge in [-0.3, -0.25) is 4.99 Å². The summed E-state index contributed by atoms with van der Waals surface area (Å²) >= 11 is 0. The van der Waals surface area contributed by atoms with Gasteiger partial charge in [-0.2, -0.15) is 0 Å². The summed E-state index contributed by atoms with van der Waals surface area (Å²) in [7, 11) is 1.76. The normalized spacial score (nSPS) is 11.6. The van der Waals surface area contributed by atoms with Crippen LogP contribution in [-0.4, -0.2) is 13.0 Å². The monoisotopic (exact) mass is 293 g/mol. The average Bonchev–Trinajstić information content (AvgIpc) is 2.99. The molecule has 112 valence electrons. The molecule has 0 spiro atoms. The maximum atomic E-state index is 5.78. The number of benzene rings is 2. The number of rotatable bonds is 4. The fourth-order valence-corrected chi connectivity index (χ4v) is 2.30. The molecule has 0 bridgehead atoms. The van der Waals surface area contributed by atoms with Crippen LogP contribution in [0.25, 0.3) is 11.0 Å². The summed E-state index contributed by atoms with van der Waals surface area (Å²) in [6.07, 6.45) is 0. The van der Waals surface area contributed by atoms with Gasteiger partial charge in [0.15, 0.2) is 5.96 Å². The van der Waals surface area contributed by atoms with E-state index >= 15 is 0 Å². The zero-order valence-corrected chi connectivity index (χ0v) is 12.5. The van der Waals surface area contributed by atoms with Gasteiger partial charge in [0.2, 0.25) is 0 Å². The number of aliphatic imine (C=N–C) groups is 1. The third-order valence-electron chi connectivity index (χ3n) is 3.43. The van der Waals surface area contributed by atoms with E-state index in [9.17, 15) is 0 Å². The molecule has 0 fully saturated rings.